The molecule has 22 heavy (non-hydrogen) atoms. The van der Waals surface area contributed by atoms with Gasteiger partial charge < -0.3 is 15.2 Å². The highest BCUT2D eigenvalue weighted by Crippen LogP contribution is 2.22. The van der Waals surface area contributed by atoms with E-state index in [1.807, 2.05) is 43.3 Å². The molecule has 0 aliphatic heterocycles. The summed E-state index contributed by atoms with van der Waals surface area (Å²) in [6.07, 6.45) is 0.323. The van der Waals surface area contributed by atoms with Crippen LogP contribution in [0.25, 0.3) is 0 Å². The molecule has 1 heterocycles. The van der Waals surface area contributed by atoms with Gasteiger partial charge in [0.25, 0.3) is 5.91 Å². The lowest BCUT2D eigenvalue weighted by atomic mass is 10.2. The molecule has 4 nitrogen and oxygen atoms in total. The molecule has 0 saturated carbocycles. The molecule has 1 atom stereocenters. The number of hydrogen-bond donors (Lipinski definition) is 2. The van der Waals surface area contributed by atoms with Gasteiger partial charge in [-0.05, 0) is 44.0 Å². The molecule has 0 unspecified atom stereocenters. The van der Waals surface area contributed by atoms with Crippen molar-refractivity contribution in [2.45, 2.75) is 26.4 Å². The number of carbonyl (C=O) groups is 1. The predicted octanol–water partition coefficient (Wildman–Crippen LogP) is 2.85. The molecule has 0 aliphatic rings. The summed E-state index contributed by atoms with van der Waals surface area (Å²) >= 11 is 1.57. The smallest absolute Gasteiger partial charge is 0.257 e. The minimum absolute atomic E-state index is 0.0220. The number of aliphatic hydroxyl groups excluding tert-OH is 1. The van der Waals surface area contributed by atoms with Crippen LogP contribution in [0.5, 0.6) is 5.75 Å². The average Bonchev–Trinajstić information content (AvgIpc) is 2.95. The fourth-order valence-corrected chi connectivity index (χ4v) is 2.94. The Morgan fingerprint density at radius 2 is 2.09 bits per heavy atom. The Hall–Kier alpha value is -1.85. The summed E-state index contributed by atoms with van der Waals surface area (Å²) < 4.78 is 5.49. The highest BCUT2D eigenvalue weighted by atomic mass is 32.1. The van der Waals surface area contributed by atoms with E-state index in [1.165, 1.54) is 0 Å². The largest absolute Gasteiger partial charge is 0.484 e. The van der Waals surface area contributed by atoms with Crippen LogP contribution < -0.4 is 10.1 Å². The summed E-state index contributed by atoms with van der Waals surface area (Å²) in [5.74, 6) is 0.605. The topological polar surface area (TPSA) is 58.6 Å². The van der Waals surface area contributed by atoms with Gasteiger partial charge in [0.15, 0.2) is 6.61 Å². The number of amides is 1. The number of aliphatic hydroxyl groups is 1. The van der Waals surface area contributed by atoms with E-state index in [4.69, 9.17) is 4.74 Å². The molecule has 0 fully saturated rings. The molecule has 0 spiro atoms. The standard InChI is InChI=1S/C17H21NO3S/c1-12-5-3-4-6-15(12)21-11-17(20)18-10-9-14-7-8-16(22-14)13(2)19/h3-8,13,19H,9-11H2,1-2H3,(H,18,20)/t13-/m1/s1. The van der Waals surface area contributed by atoms with Gasteiger partial charge in [-0.2, -0.15) is 0 Å². The monoisotopic (exact) mass is 319 g/mol. The zero-order valence-electron chi connectivity index (χ0n) is 12.8. The van der Waals surface area contributed by atoms with Gasteiger partial charge in [0, 0.05) is 16.3 Å². The molecule has 5 heteroatoms. The Bertz CT molecular complexity index is 622. The maximum Gasteiger partial charge on any atom is 0.257 e. The first-order valence-electron chi connectivity index (χ1n) is 7.28. The average molecular weight is 319 g/mol. The Morgan fingerprint density at radius 3 is 2.77 bits per heavy atom. The maximum atomic E-state index is 11.8. The van der Waals surface area contributed by atoms with Crippen LogP contribution in [0.1, 0.15) is 28.3 Å². The predicted molar refractivity (Wildman–Crippen MR) is 88.3 cm³/mol. The van der Waals surface area contributed by atoms with Gasteiger partial charge in [-0.1, -0.05) is 18.2 Å². The minimum atomic E-state index is -0.434. The summed E-state index contributed by atoms with van der Waals surface area (Å²) in [7, 11) is 0. The van der Waals surface area contributed by atoms with Crippen LogP contribution in [0, 0.1) is 6.92 Å². The fraction of sp³-hybridized carbons (Fsp3) is 0.353. The van der Waals surface area contributed by atoms with E-state index in [-0.39, 0.29) is 12.5 Å². The maximum absolute atomic E-state index is 11.8. The van der Waals surface area contributed by atoms with Crippen LogP contribution in [-0.4, -0.2) is 24.2 Å². The number of aryl methyl sites for hydroxylation is 1. The van der Waals surface area contributed by atoms with Crippen molar-refractivity contribution in [2.75, 3.05) is 13.2 Å². The van der Waals surface area contributed by atoms with Crippen molar-refractivity contribution in [3.8, 4) is 5.75 Å². The second-order valence-corrected chi connectivity index (χ2v) is 6.33. The quantitative estimate of drug-likeness (QED) is 0.825. The Labute approximate surface area is 134 Å². The highest BCUT2D eigenvalue weighted by molar-refractivity contribution is 7.12. The van der Waals surface area contributed by atoms with E-state index in [2.05, 4.69) is 5.32 Å². The SMILES string of the molecule is Cc1ccccc1OCC(=O)NCCc1ccc([C@@H](C)O)s1. The summed E-state index contributed by atoms with van der Waals surface area (Å²) in [4.78, 5) is 13.9. The lowest BCUT2D eigenvalue weighted by Gasteiger charge is -2.09. The number of benzene rings is 1. The molecule has 0 radical (unpaired) electrons. The van der Waals surface area contributed by atoms with Crippen LogP contribution in [0.15, 0.2) is 36.4 Å². The van der Waals surface area contributed by atoms with Gasteiger partial charge in [-0.25, -0.2) is 0 Å². The molecule has 0 saturated heterocycles. The van der Waals surface area contributed by atoms with Gasteiger partial charge >= 0.3 is 0 Å². The molecule has 2 rings (SSSR count). The van der Waals surface area contributed by atoms with Gasteiger partial charge in [-0.3, -0.25) is 4.79 Å². The number of thiophene rings is 1. The second kappa shape index (κ2) is 7.96. The lowest BCUT2D eigenvalue weighted by molar-refractivity contribution is -0.123. The molecule has 0 bridgehead atoms. The third-order valence-electron chi connectivity index (χ3n) is 3.24. The summed E-state index contributed by atoms with van der Waals surface area (Å²) in [5.41, 5.74) is 1.01. The van der Waals surface area contributed by atoms with Crippen molar-refractivity contribution < 1.29 is 14.6 Å². The van der Waals surface area contributed by atoms with Crippen molar-refractivity contribution in [3.63, 3.8) is 0 Å². The van der Waals surface area contributed by atoms with Crippen molar-refractivity contribution in [2.24, 2.45) is 0 Å². The number of hydrogen-bond acceptors (Lipinski definition) is 4. The van der Waals surface area contributed by atoms with E-state index in [0.717, 1.165) is 27.5 Å². The van der Waals surface area contributed by atoms with Gasteiger partial charge in [-0.15, -0.1) is 11.3 Å². The van der Waals surface area contributed by atoms with E-state index in [1.54, 1.807) is 18.3 Å². The zero-order chi connectivity index (χ0) is 15.9. The van der Waals surface area contributed by atoms with Crippen LogP contribution in [0.2, 0.25) is 0 Å². The molecule has 2 aromatic rings. The van der Waals surface area contributed by atoms with Crippen molar-refractivity contribution >= 4 is 17.2 Å². The molecule has 118 valence electrons. The first kappa shape index (κ1) is 16.5. The molecule has 1 amide bonds. The second-order valence-electron chi connectivity index (χ2n) is 5.13. The molecular weight excluding hydrogens is 298 g/mol. The first-order valence-corrected chi connectivity index (χ1v) is 8.09. The van der Waals surface area contributed by atoms with Gasteiger partial charge in [0.05, 0.1) is 6.10 Å². The zero-order valence-corrected chi connectivity index (χ0v) is 13.7. The summed E-state index contributed by atoms with van der Waals surface area (Å²) in [6.45, 7) is 4.29. The van der Waals surface area contributed by atoms with Crippen LogP contribution in [0.3, 0.4) is 0 Å². The fourth-order valence-electron chi connectivity index (χ4n) is 1.99. The normalized spacial score (nSPS) is 12.0. The molecular formula is C17H21NO3S. The Morgan fingerprint density at radius 1 is 1.32 bits per heavy atom. The van der Waals surface area contributed by atoms with E-state index in [0.29, 0.717) is 6.54 Å². The lowest BCUT2D eigenvalue weighted by Crippen LogP contribution is -2.30. The number of carbonyl (C=O) groups excluding carboxylic acids is 1. The third-order valence-corrected chi connectivity index (χ3v) is 4.56. The number of para-hydroxylation sites is 1. The van der Waals surface area contributed by atoms with Gasteiger partial charge in [0.1, 0.15) is 5.75 Å². The van der Waals surface area contributed by atoms with E-state index >= 15 is 0 Å². The third kappa shape index (κ3) is 4.86. The van der Waals surface area contributed by atoms with E-state index < -0.39 is 6.10 Å². The number of ether oxygens (including phenoxy) is 1. The molecule has 2 N–H and O–H groups in total. The van der Waals surface area contributed by atoms with Crippen molar-refractivity contribution in [1.82, 2.24) is 5.32 Å². The molecule has 0 aliphatic carbocycles. The first-order chi connectivity index (χ1) is 10.6. The molecule has 1 aromatic heterocycles. The number of nitrogens with one attached hydrogen (secondary N) is 1. The van der Waals surface area contributed by atoms with Crippen molar-refractivity contribution in [1.29, 1.82) is 0 Å². The van der Waals surface area contributed by atoms with Gasteiger partial charge in [0.2, 0.25) is 0 Å². The van der Waals surface area contributed by atoms with Crippen LogP contribution >= 0.6 is 11.3 Å². The summed E-state index contributed by atoms with van der Waals surface area (Å²) in [6, 6.07) is 11.5. The Kier molecular flexibility index (Phi) is 5.98. The molecule has 1 aromatic carbocycles. The minimum Gasteiger partial charge on any atom is -0.484 e. The number of rotatable bonds is 7. The Balaban J connectivity index is 1.70. The van der Waals surface area contributed by atoms with E-state index in [9.17, 15) is 9.90 Å². The van der Waals surface area contributed by atoms with Crippen molar-refractivity contribution in [3.05, 3.63) is 51.7 Å². The highest BCUT2D eigenvalue weighted by Gasteiger charge is 2.07. The van der Waals surface area contributed by atoms with Crippen LogP contribution in [-0.2, 0) is 11.2 Å². The van der Waals surface area contributed by atoms with Crippen LogP contribution in [0.4, 0.5) is 0 Å². The summed E-state index contributed by atoms with van der Waals surface area (Å²) in [5, 5.41) is 12.3.